The number of halogens is 1. The number of hydrogen-bond acceptors (Lipinski definition) is 5. The molecule has 0 saturated heterocycles. The van der Waals surface area contributed by atoms with Crippen LogP contribution < -0.4 is 0 Å². The van der Waals surface area contributed by atoms with Gasteiger partial charge >= 0.3 is 0 Å². The molecule has 2 aromatic carbocycles. The monoisotopic (exact) mass is 350 g/mol. The quantitative estimate of drug-likeness (QED) is 0.718. The SMILES string of the molecule is CS(=O)(=O)c1ccc(-c2snnc2-c2cccc(Cl)c2)cc1. The van der Waals surface area contributed by atoms with Gasteiger partial charge in [-0.05, 0) is 41.4 Å². The number of aromatic nitrogens is 2. The minimum atomic E-state index is -3.20. The van der Waals surface area contributed by atoms with E-state index in [0.29, 0.717) is 5.02 Å². The van der Waals surface area contributed by atoms with Gasteiger partial charge in [0.25, 0.3) is 0 Å². The second-order valence-electron chi connectivity index (χ2n) is 4.76. The van der Waals surface area contributed by atoms with Crippen molar-refractivity contribution >= 4 is 33.0 Å². The molecule has 1 aromatic heterocycles. The van der Waals surface area contributed by atoms with Crippen LogP contribution in [0.4, 0.5) is 0 Å². The second-order valence-corrected chi connectivity index (χ2v) is 7.96. The molecule has 0 atom stereocenters. The standard InChI is InChI=1S/C15H11ClN2O2S2/c1-22(19,20)13-7-5-10(6-8-13)15-14(17-18-21-15)11-3-2-4-12(16)9-11/h2-9H,1H3. The number of nitrogens with zero attached hydrogens (tertiary/aromatic N) is 2. The normalized spacial score (nSPS) is 11.5. The van der Waals surface area contributed by atoms with Gasteiger partial charge in [-0.1, -0.05) is 40.4 Å². The molecule has 0 fully saturated rings. The molecule has 0 aliphatic carbocycles. The lowest BCUT2D eigenvalue weighted by molar-refractivity contribution is 0.602. The van der Waals surface area contributed by atoms with Crippen molar-refractivity contribution in [2.45, 2.75) is 4.90 Å². The Balaban J connectivity index is 2.06. The maximum absolute atomic E-state index is 11.5. The largest absolute Gasteiger partial charge is 0.224 e. The lowest BCUT2D eigenvalue weighted by atomic mass is 10.1. The van der Waals surface area contributed by atoms with E-state index in [0.717, 1.165) is 21.7 Å². The molecule has 4 nitrogen and oxygen atoms in total. The molecule has 0 unspecified atom stereocenters. The summed E-state index contributed by atoms with van der Waals surface area (Å²) in [6, 6.07) is 14.1. The first kappa shape index (κ1) is 15.1. The van der Waals surface area contributed by atoms with Crippen molar-refractivity contribution in [3.05, 3.63) is 53.6 Å². The van der Waals surface area contributed by atoms with E-state index in [1.54, 1.807) is 30.3 Å². The summed E-state index contributed by atoms with van der Waals surface area (Å²) in [4.78, 5) is 1.17. The minimum Gasteiger partial charge on any atom is -0.224 e. The summed E-state index contributed by atoms with van der Waals surface area (Å²) in [7, 11) is -3.20. The van der Waals surface area contributed by atoms with Crippen LogP contribution >= 0.6 is 23.1 Å². The highest BCUT2D eigenvalue weighted by atomic mass is 35.5. The molecule has 0 radical (unpaired) electrons. The van der Waals surface area contributed by atoms with E-state index >= 15 is 0 Å². The van der Waals surface area contributed by atoms with Crippen LogP contribution in [0.5, 0.6) is 0 Å². The fourth-order valence-corrected chi connectivity index (χ4v) is 3.57. The van der Waals surface area contributed by atoms with Crippen molar-refractivity contribution in [2.75, 3.05) is 6.26 Å². The van der Waals surface area contributed by atoms with E-state index in [1.807, 2.05) is 18.2 Å². The Labute approximate surface area is 137 Å². The summed E-state index contributed by atoms with van der Waals surface area (Å²) < 4.78 is 27.0. The third kappa shape index (κ3) is 3.04. The van der Waals surface area contributed by atoms with E-state index in [-0.39, 0.29) is 4.90 Å². The number of rotatable bonds is 3. The maximum Gasteiger partial charge on any atom is 0.175 e. The van der Waals surface area contributed by atoms with Crippen LogP contribution in [0.1, 0.15) is 0 Å². The summed E-state index contributed by atoms with van der Waals surface area (Å²) in [5, 5.41) is 4.80. The summed E-state index contributed by atoms with van der Waals surface area (Å²) in [5.74, 6) is 0. The predicted molar refractivity (Wildman–Crippen MR) is 88.9 cm³/mol. The van der Waals surface area contributed by atoms with Gasteiger partial charge in [0.2, 0.25) is 0 Å². The van der Waals surface area contributed by atoms with Gasteiger partial charge in [0.15, 0.2) is 9.84 Å². The van der Waals surface area contributed by atoms with Crippen LogP contribution in [0.2, 0.25) is 5.02 Å². The Morgan fingerprint density at radius 2 is 1.77 bits per heavy atom. The van der Waals surface area contributed by atoms with Crippen molar-refractivity contribution in [3.63, 3.8) is 0 Å². The number of sulfone groups is 1. The first-order valence-corrected chi connectivity index (χ1v) is 9.38. The van der Waals surface area contributed by atoms with E-state index in [4.69, 9.17) is 11.6 Å². The minimum absolute atomic E-state index is 0.290. The van der Waals surface area contributed by atoms with E-state index < -0.39 is 9.84 Å². The summed E-state index contributed by atoms with van der Waals surface area (Å²) in [6.07, 6.45) is 1.19. The Morgan fingerprint density at radius 1 is 1.05 bits per heavy atom. The zero-order chi connectivity index (χ0) is 15.7. The van der Waals surface area contributed by atoms with Crippen LogP contribution in [-0.2, 0) is 9.84 Å². The van der Waals surface area contributed by atoms with Gasteiger partial charge in [0.05, 0.1) is 9.77 Å². The molecule has 22 heavy (non-hydrogen) atoms. The fourth-order valence-electron chi connectivity index (χ4n) is 2.06. The molecule has 0 spiro atoms. The maximum atomic E-state index is 11.5. The zero-order valence-corrected chi connectivity index (χ0v) is 13.9. The molecule has 0 amide bonds. The van der Waals surface area contributed by atoms with Gasteiger partial charge in [-0.3, -0.25) is 0 Å². The summed E-state index contributed by atoms with van der Waals surface area (Å²) in [5.41, 5.74) is 2.49. The van der Waals surface area contributed by atoms with Gasteiger partial charge in [-0.25, -0.2) is 8.42 Å². The summed E-state index contributed by atoms with van der Waals surface area (Å²) in [6.45, 7) is 0. The second kappa shape index (κ2) is 5.79. The van der Waals surface area contributed by atoms with Crippen molar-refractivity contribution in [2.24, 2.45) is 0 Å². The average molecular weight is 351 g/mol. The Hall–Kier alpha value is -1.76. The van der Waals surface area contributed by atoms with Gasteiger partial charge in [0, 0.05) is 16.8 Å². The third-order valence-corrected chi connectivity index (χ3v) is 5.27. The Kier molecular flexibility index (Phi) is 3.99. The molecule has 112 valence electrons. The van der Waals surface area contributed by atoms with Crippen molar-refractivity contribution in [1.82, 2.24) is 9.59 Å². The average Bonchev–Trinajstić information content (AvgIpc) is 2.96. The fraction of sp³-hybridized carbons (Fsp3) is 0.0667. The van der Waals surface area contributed by atoms with Crippen LogP contribution in [0.3, 0.4) is 0 Å². The Morgan fingerprint density at radius 3 is 2.41 bits per heavy atom. The molecule has 3 aromatic rings. The first-order valence-electron chi connectivity index (χ1n) is 6.34. The molecule has 0 N–H and O–H groups in total. The molecule has 0 aliphatic rings. The van der Waals surface area contributed by atoms with E-state index in [2.05, 4.69) is 9.59 Å². The lowest BCUT2D eigenvalue weighted by Gasteiger charge is -2.04. The molecular formula is C15H11ClN2O2S2. The number of hydrogen-bond donors (Lipinski definition) is 0. The molecule has 0 bridgehead atoms. The molecular weight excluding hydrogens is 340 g/mol. The third-order valence-electron chi connectivity index (χ3n) is 3.13. The van der Waals surface area contributed by atoms with Gasteiger partial charge in [-0.2, -0.15) is 0 Å². The van der Waals surface area contributed by atoms with Gasteiger partial charge in [0.1, 0.15) is 5.69 Å². The van der Waals surface area contributed by atoms with Crippen molar-refractivity contribution in [1.29, 1.82) is 0 Å². The summed E-state index contributed by atoms with van der Waals surface area (Å²) >= 11 is 7.28. The molecule has 0 saturated carbocycles. The highest BCUT2D eigenvalue weighted by molar-refractivity contribution is 7.90. The molecule has 3 rings (SSSR count). The molecule has 1 heterocycles. The van der Waals surface area contributed by atoms with Crippen LogP contribution in [-0.4, -0.2) is 24.3 Å². The van der Waals surface area contributed by atoms with Crippen molar-refractivity contribution < 1.29 is 8.42 Å². The zero-order valence-electron chi connectivity index (χ0n) is 11.5. The number of benzene rings is 2. The topological polar surface area (TPSA) is 59.9 Å². The van der Waals surface area contributed by atoms with E-state index in [1.165, 1.54) is 17.8 Å². The lowest BCUT2D eigenvalue weighted by Crippen LogP contribution is -1.96. The highest BCUT2D eigenvalue weighted by Gasteiger charge is 2.14. The van der Waals surface area contributed by atoms with Gasteiger partial charge in [-0.15, -0.1) is 5.10 Å². The van der Waals surface area contributed by atoms with Crippen LogP contribution in [0.15, 0.2) is 53.4 Å². The predicted octanol–water partition coefficient (Wildman–Crippen LogP) is 3.93. The van der Waals surface area contributed by atoms with Crippen LogP contribution in [0, 0.1) is 0 Å². The molecule has 7 heteroatoms. The van der Waals surface area contributed by atoms with Crippen LogP contribution in [0.25, 0.3) is 21.7 Å². The Bertz CT molecular complexity index is 919. The molecule has 0 aliphatic heterocycles. The van der Waals surface area contributed by atoms with Gasteiger partial charge < -0.3 is 0 Å². The highest BCUT2D eigenvalue weighted by Crippen LogP contribution is 2.34. The van der Waals surface area contributed by atoms with E-state index in [9.17, 15) is 8.42 Å². The first-order chi connectivity index (χ1) is 10.4. The smallest absolute Gasteiger partial charge is 0.175 e. The van der Waals surface area contributed by atoms with Crippen molar-refractivity contribution in [3.8, 4) is 21.7 Å².